The lowest BCUT2D eigenvalue weighted by molar-refractivity contribution is 0.348. The molecule has 0 aliphatic carbocycles. The van der Waals surface area contributed by atoms with Gasteiger partial charge in [0.05, 0.1) is 0 Å². The predicted molar refractivity (Wildman–Crippen MR) is 48.5 cm³/mol. The van der Waals surface area contributed by atoms with Gasteiger partial charge >= 0.3 is 0 Å². The molecule has 0 aromatic rings. The van der Waals surface area contributed by atoms with Crippen molar-refractivity contribution in [3.63, 3.8) is 0 Å². The molecule has 0 aromatic heterocycles. The van der Waals surface area contributed by atoms with Gasteiger partial charge in [-0.1, -0.05) is 19.8 Å². The molecule has 10 heavy (non-hydrogen) atoms. The van der Waals surface area contributed by atoms with Crippen molar-refractivity contribution in [2.75, 3.05) is 6.61 Å². The van der Waals surface area contributed by atoms with Crippen LogP contribution >= 0.6 is 0 Å². The Balaban J connectivity index is 3.42. The number of hydrogen-bond acceptors (Lipinski definition) is 1. The molecule has 0 aliphatic rings. The van der Waals surface area contributed by atoms with Gasteiger partial charge in [-0.05, 0) is 26.1 Å². The fraction of sp³-hybridized carbons (Fsp3) is 0.875. The highest BCUT2D eigenvalue weighted by Crippen LogP contribution is 2.14. The van der Waals surface area contributed by atoms with E-state index in [9.17, 15) is 0 Å². The molecular weight excluding hydrogens is 140 g/mol. The van der Waals surface area contributed by atoms with E-state index in [1.165, 1.54) is 18.9 Å². The summed E-state index contributed by atoms with van der Waals surface area (Å²) in [5, 5.41) is 0. The third kappa shape index (κ3) is 5.00. The Morgan fingerprint density at radius 3 is 2.40 bits per heavy atom. The lowest BCUT2D eigenvalue weighted by Gasteiger charge is -2.21. The first-order chi connectivity index (χ1) is 4.62. The Morgan fingerprint density at radius 1 is 1.40 bits per heavy atom. The van der Waals surface area contributed by atoms with Crippen LogP contribution in [-0.2, 0) is 4.43 Å². The van der Waals surface area contributed by atoms with Gasteiger partial charge in [-0.15, -0.1) is 0 Å². The van der Waals surface area contributed by atoms with Crippen LogP contribution in [0.5, 0.6) is 0 Å². The first-order valence-corrected chi connectivity index (χ1v) is 7.17. The van der Waals surface area contributed by atoms with Crippen molar-refractivity contribution in [1.29, 1.82) is 0 Å². The van der Waals surface area contributed by atoms with Crippen LogP contribution in [0, 0.1) is 6.92 Å². The molecule has 1 radical (unpaired) electrons. The Hall–Kier alpha value is 0.177. The summed E-state index contributed by atoms with van der Waals surface area (Å²) < 4.78 is 5.56. The normalized spacial score (nSPS) is 12.0. The van der Waals surface area contributed by atoms with Gasteiger partial charge in [0.15, 0.2) is 8.32 Å². The van der Waals surface area contributed by atoms with Crippen molar-refractivity contribution in [2.45, 2.75) is 38.9 Å². The molecule has 0 heterocycles. The zero-order chi connectivity index (χ0) is 8.04. The van der Waals surface area contributed by atoms with Gasteiger partial charge in [0.25, 0.3) is 0 Å². The third-order valence-corrected chi connectivity index (χ3v) is 4.17. The SMILES string of the molecule is [CH2]CO[Si](C)(C)CCCC. The lowest BCUT2D eigenvalue weighted by Crippen LogP contribution is -2.29. The summed E-state index contributed by atoms with van der Waals surface area (Å²) in [6, 6.07) is 1.28. The molecular formula is C8H19OSi. The van der Waals surface area contributed by atoms with Crippen molar-refractivity contribution < 1.29 is 4.43 Å². The zero-order valence-corrected chi connectivity index (χ0v) is 8.44. The molecule has 61 valence electrons. The molecule has 1 nitrogen and oxygen atoms in total. The summed E-state index contributed by atoms with van der Waals surface area (Å²) in [6.07, 6.45) is 2.58. The first kappa shape index (κ1) is 10.2. The Bertz CT molecular complexity index is 81.3. The average Bonchev–Trinajstić information content (AvgIpc) is 1.84. The molecule has 0 bridgehead atoms. The maximum Gasteiger partial charge on any atom is 0.186 e. The van der Waals surface area contributed by atoms with Crippen LogP contribution in [0.1, 0.15) is 19.8 Å². The number of rotatable bonds is 5. The summed E-state index contributed by atoms with van der Waals surface area (Å²) in [4.78, 5) is 0. The second kappa shape index (κ2) is 4.91. The largest absolute Gasteiger partial charge is 0.417 e. The van der Waals surface area contributed by atoms with Gasteiger partial charge in [0, 0.05) is 6.61 Å². The smallest absolute Gasteiger partial charge is 0.186 e. The number of hydrogen-bond donors (Lipinski definition) is 0. The van der Waals surface area contributed by atoms with Crippen molar-refractivity contribution in [3.05, 3.63) is 6.92 Å². The summed E-state index contributed by atoms with van der Waals surface area (Å²) >= 11 is 0. The van der Waals surface area contributed by atoms with Gasteiger partial charge in [-0.25, -0.2) is 0 Å². The van der Waals surface area contributed by atoms with E-state index in [0.29, 0.717) is 6.61 Å². The topological polar surface area (TPSA) is 9.23 Å². The zero-order valence-electron chi connectivity index (χ0n) is 7.44. The molecule has 0 aromatic carbocycles. The molecule has 0 amide bonds. The maximum atomic E-state index is 5.56. The van der Waals surface area contributed by atoms with Gasteiger partial charge in [0.1, 0.15) is 0 Å². The molecule has 0 saturated heterocycles. The number of unbranched alkanes of at least 4 members (excludes halogenated alkanes) is 1. The molecule has 0 atom stereocenters. The van der Waals surface area contributed by atoms with Crippen LogP contribution in [0.4, 0.5) is 0 Å². The standard InChI is InChI=1S/C8H19OSi/c1-5-7-8-10(3,4)9-6-2/h2,5-8H2,1,3-4H3. The minimum Gasteiger partial charge on any atom is -0.417 e. The highest BCUT2D eigenvalue weighted by Gasteiger charge is 2.19. The first-order valence-electron chi connectivity index (χ1n) is 4.05. The highest BCUT2D eigenvalue weighted by molar-refractivity contribution is 6.71. The second-order valence-corrected chi connectivity index (χ2v) is 7.52. The van der Waals surface area contributed by atoms with E-state index in [4.69, 9.17) is 4.43 Å². The summed E-state index contributed by atoms with van der Waals surface area (Å²) in [5.41, 5.74) is 0. The van der Waals surface area contributed by atoms with E-state index >= 15 is 0 Å². The van der Waals surface area contributed by atoms with Gasteiger partial charge in [-0.3, -0.25) is 0 Å². The molecule has 0 saturated carbocycles. The van der Waals surface area contributed by atoms with E-state index in [1.54, 1.807) is 0 Å². The lowest BCUT2D eigenvalue weighted by atomic mass is 10.4. The van der Waals surface area contributed by atoms with E-state index in [0.717, 1.165) is 0 Å². The Morgan fingerprint density at radius 2 is 2.00 bits per heavy atom. The fourth-order valence-corrected chi connectivity index (χ4v) is 2.85. The van der Waals surface area contributed by atoms with Gasteiger partial charge in [0.2, 0.25) is 0 Å². The van der Waals surface area contributed by atoms with Crippen LogP contribution in [0.15, 0.2) is 0 Å². The van der Waals surface area contributed by atoms with Crippen LogP contribution in [0.2, 0.25) is 19.1 Å². The molecule has 2 heteroatoms. The summed E-state index contributed by atoms with van der Waals surface area (Å²) in [5.74, 6) is 0. The van der Waals surface area contributed by atoms with E-state index in [1.807, 2.05) is 0 Å². The second-order valence-electron chi connectivity index (χ2n) is 3.21. The van der Waals surface area contributed by atoms with Crippen molar-refractivity contribution in [2.24, 2.45) is 0 Å². The predicted octanol–water partition coefficient (Wildman–Crippen LogP) is 2.84. The molecule has 0 unspecified atom stereocenters. The van der Waals surface area contributed by atoms with E-state index < -0.39 is 8.32 Å². The molecule has 0 fully saturated rings. The van der Waals surface area contributed by atoms with Gasteiger partial charge in [-0.2, -0.15) is 0 Å². The monoisotopic (exact) mass is 159 g/mol. The molecule has 0 rings (SSSR count). The third-order valence-electron chi connectivity index (χ3n) is 1.63. The quantitative estimate of drug-likeness (QED) is 0.560. The average molecular weight is 159 g/mol. The van der Waals surface area contributed by atoms with Crippen LogP contribution in [0.3, 0.4) is 0 Å². The Kier molecular flexibility index (Phi) is 5.00. The van der Waals surface area contributed by atoms with Crippen LogP contribution in [0.25, 0.3) is 0 Å². The van der Waals surface area contributed by atoms with E-state index in [-0.39, 0.29) is 0 Å². The fourth-order valence-electron chi connectivity index (χ4n) is 0.951. The molecule has 0 spiro atoms. The maximum absolute atomic E-state index is 5.56. The van der Waals surface area contributed by atoms with Crippen molar-refractivity contribution >= 4 is 8.32 Å². The van der Waals surface area contributed by atoms with Crippen LogP contribution < -0.4 is 0 Å². The van der Waals surface area contributed by atoms with Crippen LogP contribution in [-0.4, -0.2) is 14.9 Å². The highest BCUT2D eigenvalue weighted by atomic mass is 28.4. The van der Waals surface area contributed by atoms with Crippen molar-refractivity contribution in [1.82, 2.24) is 0 Å². The molecule has 0 N–H and O–H groups in total. The van der Waals surface area contributed by atoms with E-state index in [2.05, 4.69) is 26.9 Å². The molecule has 0 aliphatic heterocycles. The van der Waals surface area contributed by atoms with Gasteiger partial charge < -0.3 is 4.43 Å². The minimum absolute atomic E-state index is 0.642. The summed E-state index contributed by atoms with van der Waals surface area (Å²) in [7, 11) is -1.29. The summed E-state index contributed by atoms with van der Waals surface area (Å²) in [6.45, 7) is 11.1. The minimum atomic E-state index is -1.29. The van der Waals surface area contributed by atoms with Crippen molar-refractivity contribution in [3.8, 4) is 0 Å². The Labute approximate surface area is 65.9 Å².